The van der Waals surface area contributed by atoms with Crippen molar-refractivity contribution in [3.05, 3.63) is 28.2 Å². The van der Waals surface area contributed by atoms with Crippen LogP contribution in [0.3, 0.4) is 0 Å². The smallest absolute Gasteiger partial charge is 0.120 e. The summed E-state index contributed by atoms with van der Waals surface area (Å²) < 4.78 is 6.69. The molecule has 3 nitrogen and oxygen atoms in total. The molecule has 1 aromatic rings. The number of aromatic hydroxyl groups is 1. The van der Waals surface area contributed by atoms with E-state index in [4.69, 9.17) is 4.74 Å². The van der Waals surface area contributed by atoms with Crippen LogP contribution in [0.1, 0.15) is 31.9 Å². The predicted molar refractivity (Wildman–Crippen MR) is 75.8 cm³/mol. The highest BCUT2D eigenvalue weighted by Crippen LogP contribution is 2.32. The highest BCUT2D eigenvalue weighted by atomic mass is 79.9. The van der Waals surface area contributed by atoms with Gasteiger partial charge in [-0.15, -0.1) is 0 Å². The first-order valence-corrected chi connectivity index (χ1v) is 7.25. The van der Waals surface area contributed by atoms with Crippen molar-refractivity contribution in [2.45, 2.75) is 32.4 Å². The minimum atomic E-state index is 0.209. The van der Waals surface area contributed by atoms with Crippen molar-refractivity contribution in [2.75, 3.05) is 19.7 Å². The van der Waals surface area contributed by atoms with Crippen molar-refractivity contribution in [3.8, 4) is 5.75 Å². The molecule has 0 spiro atoms. The summed E-state index contributed by atoms with van der Waals surface area (Å²) >= 11 is 3.46. The fraction of sp³-hybridized carbons (Fsp3) is 0.571. The van der Waals surface area contributed by atoms with Crippen LogP contribution >= 0.6 is 15.9 Å². The van der Waals surface area contributed by atoms with Crippen LogP contribution in [0.4, 0.5) is 0 Å². The number of halogens is 1. The molecule has 0 aromatic heterocycles. The first-order valence-electron chi connectivity index (χ1n) is 6.46. The Labute approximate surface area is 117 Å². The second-order valence-corrected chi connectivity index (χ2v) is 5.69. The quantitative estimate of drug-likeness (QED) is 0.929. The third-order valence-electron chi connectivity index (χ3n) is 3.61. The van der Waals surface area contributed by atoms with Gasteiger partial charge in [-0.3, -0.25) is 4.90 Å². The zero-order valence-electron chi connectivity index (χ0n) is 10.9. The number of benzene rings is 1. The van der Waals surface area contributed by atoms with Crippen molar-refractivity contribution in [1.29, 1.82) is 0 Å². The lowest BCUT2D eigenvalue weighted by Gasteiger charge is -2.37. The summed E-state index contributed by atoms with van der Waals surface area (Å²) in [7, 11) is 0. The van der Waals surface area contributed by atoms with Gasteiger partial charge in [0.25, 0.3) is 0 Å². The molecule has 1 saturated heterocycles. The molecule has 2 unspecified atom stereocenters. The average molecular weight is 314 g/mol. The average Bonchev–Trinajstić information content (AvgIpc) is 2.41. The van der Waals surface area contributed by atoms with E-state index in [1.165, 1.54) is 0 Å². The SMILES string of the molecule is CCC1CN(C(C)c2cc(Br)ccc2O)CCO1. The Bertz CT molecular complexity index is 411. The largest absolute Gasteiger partial charge is 0.508 e. The van der Waals surface area contributed by atoms with E-state index in [0.717, 1.165) is 36.2 Å². The van der Waals surface area contributed by atoms with Crippen molar-refractivity contribution < 1.29 is 9.84 Å². The number of phenolic OH excluding ortho intramolecular Hbond substituents is 1. The van der Waals surface area contributed by atoms with Crippen LogP contribution in [0.15, 0.2) is 22.7 Å². The molecule has 1 N–H and O–H groups in total. The second-order valence-electron chi connectivity index (χ2n) is 4.78. The zero-order valence-corrected chi connectivity index (χ0v) is 12.5. The molecule has 0 bridgehead atoms. The number of nitrogens with zero attached hydrogens (tertiary/aromatic N) is 1. The third-order valence-corrected chi connectivity index (χ3v) is 4.11. The lowest BCUT2D eigenvalue weighted by Crippen LogP contribution is -2.43. The van der Waals surface area contributed by atoms with Gasteiger partial charge in [-0.25, -0.2) is 0 Å². The van der Waals surface area contributed by atoms with Crippen LogP contribution in [0.2, 0.25) is 0 Å². The number of rotatable bonds is 3. The van der Waals surface area contributed by atoms with Crippen molar-refractivity contribution >= 4 is 15.9 Å². The van der Waals surface area contributed by atoms with E-state index < -0.39 is 0 Å². The number of ether oxygens (including phenoxy) is 1. The second kappa shape index (κ2) is 6.04. The van der Waals surface area contributed by atoms with Crippen LogP contribution in [-0.2, 0) is 4.74 Å². The van der Waals surface area contributed by atoms with Crippen molar-refractivity contribution in [3.63, 3.8) is 0 Å². The van der Waals surface area contributed by atoms with Gasteiger partial charge in [-0.2, -0.15) is 0 Å². The third kappa shape index (κ3) is 3.05. The molecule has 100 valence electrons. The molecule has 2 rings (SSSR count). The Kier molecular flexibility index (Phi) is 4.65. The lowest BCUT2D eigenvalue weighted by molar-refractivity contribution is -0.0427. The molecular formula is C14H20BrNO2. The van der Waals surface area contributed by atoms with Crippen LogP contribution in [-0.4, -0.2) is 35.8 Å². The first kappa shape index (κ1) is 13.8. The highest BCUT2D eigenvalue weighted by Gasteiger charge is 2.25. The summed E-state index contributed by atoms with van der Waals surface area (Å²) in [5, 5.41) is 9.98. The summed E-state index contributed by atoms with van der Waals surface area (Å²) in [6.07, 6.45) is 1.35. The minimum Gasteiger partial charge on any atom is -0.508 e. The maximum atomic E-state index is 9.98. The first-order chi connectivity index (χ1) is 8.61. The molecule has 0 amide bonds. The Morgan fingerprint density at radius 1 is 1.56 bits per heavy atom. The molecule has 1 fully saturated rings. The molecule has 0 saturated carbocycles. The van der Waals surface area contributed by atoms with Gasteiger partial charge < -0.3 is 9.84 Å². The van der Waals surface area contributed by atoms with Crippen LogP contribution < -0.4 is 0 Å². The van der Waals surface area contributed by atoms with Crippen LogP contribution in [0.25, 0.3) is 0 Å². The molecule has 2 atom stereocenters. The monoisotopic (exact) mass is 313 g/mol. The van der Waals surface area contributed by atoms with Gasteiger partial charge in [0.2, 0.25) is 0 Å². The lowest BCUT2D eigenvalue weighted by atomic mass is 10.0. The number of hydrogen-bond acceptors (Lipinski definition) is 3. The maximum Gasteiger partial charge on any atom is 0.120 e. The van der Waals surface area contributed by atoms with E-state index in [-0.39, 0.29) is 6.04 Å². The summed E-state index contributed by atoms with van der Waals surface area (Å²) in [6.45, 7) is 6.92. The fourth-order valence-electron chi connectivity index (χ4n) is 2.40. The molecule has 18 heavy (non-hydrogen) atoms. The molecule has 4 heteroatoms. The summed E-state index contributed by atoms with van der Waals surface area (Å²) in [5.41, 5.74) is 0.973. The molecule has 1 heterocycles. The molecule has 0 aliphatic carbocycles. The number of morpholine rings is 1. The van der Waals surface area contributed by atoms with E-state index in [9.17, 15) is 5.11 Å². The molecule has 0 radical (unpaired) electrons. The van der Waals surface area contributed by atoms with E-state index in [0.29, 0.717) is 11.9 Å². The molecule has 1 aliphatic heterocycles. The van der Waals surface area contributed by atoms with Gasteiger partial charge in [0.05, 0.1) is 12.7 Å². The number of phenols is 1. The summed E-state index contributed by atoms with van der Waals surface area (Å²) in [6, 6.07) is 5.81. The molecule has 1 aliphatic rings. The van der Waals surface area contributed by atoms with Gasteiger partial charge in [0, 0.05) is 29.2 Å². The zero-order chi connectivity index (χ0) is 13.1. The Morgan fingerprint density at radius 3 is 3.06 bits per heavy atom. The number of hydrogen-bond donors (Lipinski definition) is 1. The predicted octanol–water partition coefficient (Wildman–Crippen LogP) is 3.33. The minimum absolute atomic E-state index is 0.209. The Balaban J connectivity index is 2.14. The maximum absolute atomic E-state index is 9.98. The molecule has 1 aromatic carbocycles. The fourth-order valence-corrected chi connectivity index (χ4v) is 2.78. The van der Waals surface area contributed by atoms with Crippen molar-refractivity contribution in [2.24, 2.45) is 0 Å². The molecular weight excluding hydrogens is 294 g/mol. The van der Waals surface area contributed by atoms with Gasteiger partial charge in [-0.1, -0.05) is 22.9 Å². The standard InChI is InChI=1S/C14H20BrNO2/c1-3-12-9-16(6-7-18-12)10(2)13-8-11(15)4-5-14(13)17/h4-5,8,10,12,17H,3,6-7,9H2,1-2H3. The highest BCUT2D eigenvalue weighted by molar-refractivity contribution is 9.10. The van der Waals surface area contributed by atoms with Gasteiger partial charge in [-0.05, 0) is 31.5 Å². The van der Waals surface area contributed by atoms with Crippen LogP contribution in [0.5, 0.6) is 5.75 Å². The summed E-state index contributed by atoms with van der Waals surface area (Å²) in [5.74, 6) is 0.366. The Morgan fingerprint density at radius 2 is 2.33 bits per heavy atom. The van der Waals surface area contributed by atoms with Crippen LogP contribution in [0, 0.1) is 0 Å². The topological polar surface area (TPSA) is 32.7 Å². The van der Waals surface area contributed by atoms with E-state index in [2.05, 4.69) is 34.7 Å². The van der Waals surface area contributed by atoms with E-state index >= 15 is 0 Å². The van der Waals surface area contributed by atoms with Gasteiger partial charge in [0.15, 0.2) is 0 Å². The summed E-state index contributed by atoms with van der Waals surface area (Å²) in [4.78, 5) is 2.37. The Hall–Kier alpha value is -0.580. The van der Waals surface area contributed by atoms with Gasteiger partial charge >= 0.3 is 0 Å². The van der Waals surface area contributed by atoms with E-state index in [1.54, 1.807) is 6.07 Å². The van der Waals surface area contributed by atoms with Gasteiger partial charge in [0.1, 0.15) is 5.75 Å². The normalized spacial score (nSPS) is 22.9. The van der Waals surface area contributed by atoms with Crippen molar-refractivity contribution in [1.82, 2.24) is 4.90 Å². The van der Waals surface area contributed by atoms with E-state index in [1.807, 2.05) is 12.1 Å².